The van der Waals surface area contributed by atoms with Gasteiger partial charge in [0.05, 0.1) is 0 Å². The van der Waals surface area contributed by atoms with E-state index >= 15 is 0 Å². The van der Waals surface area contributed by atoms with E-state index in [0.29, 0.717) is 10.9 Å². The van der Waals surface area contributed by atoms with Gasteiger partial charge in [-0.25, -0.2) is 0 Å². The first-order valence-electron chi connectivity index (χ1n) is 10.7. The minimum absolute atomic E-state index is 0.288. The quantitative estimate of drug-likeness (QED) is 0.353. The number of phenolic OH excluding ortho intramolecular Hbond substituents is 3. The molecule has 3 N–H and O–H groups in total. The van der Waals surface area contributed by atoms with E-state index in [2.05, 4.69) is 69.3 Å². The van der Waals surface area contributed by atoms with Gasteiger partial charge in [0.25, 0.3) is 0 Å². The van der Waals surface area contributed by atoms with Gasteiger partial charge < -0.3 is 15.3 Å². The van der Waals surface area contributed by atoms with Crippen LogP contribution in [0.5, 0.6) is 17.2 Å². The molecule has 4 rings (SSSR count). The normalized spacial score (nSPS) is 11.0. The Balaban J connectivity index is 2.02. The van der Waals surface area contributed by atoms with Gasteiger partial charge >= 0.3 is 0 Å². The molecule has 4 aromatic rings. The Labute approximate surface area is 190 Å². The summed E-state index contributed by atoms with van der Waals surface area (Å²) >= 11 is 0. The molecule has 3 nitrogen and oxygen atoms in total. The van der Waals surface area contributed by atoms with Crippen molar-refractivity contribution in [3.8, 4) is 50.6 Å². The Bertz CT molecular complexity index is 1330. The fraction of sp³-hybridized carbons (Fsp3) is 0.111. The van der Waals surface area contributed by atoms with Crippen molar-refractivity contribution >= 4 is 26.6 Å². The van der Waals surface area contributed by atoms with Crippen molar-refractivity contribution in [1.82, 2.24) is 0 Å². The first-order chi connectivity index (χ1) is 15.2. The first kappa shape index (κ1) is 21.6. The topological polar surface area (TPSA) is 60.7 Å². The molecular formula is C27H26B2O3. The summed E-state index contributed by atoms with van der Waals surface area (Å²) in [7, 11) is 3.52. The summed E-state index contributed by atoms with van der Waals surface area (Å²) in [6, 6.07) is 20.9. The Kier molecular flexibility index (Phi) is 5.52. The second kappa shape index (κ2) is 8.16. The third-order valence-electron chi connectivity index (χ3n) is 6.49. The van der Waals surface area contributed by atoms with E-state index in [9.17, 15) is 15.3 Å². The van der Waals surface area contributed by atoms with Crippen molar-refractivity contribution in [2.24, 2.45) is 0 Å². The second-order valence-corrected chi connectivity index (χ2v) is 8.46. The van der Waals surface area contributed by atoms with Gasteiger partial charge in [0.1, 0.15) is 15.7 Å². The molecule has 158 valence electrons. The summed E-state index contributed by atoms with van der Waals surface area (Å²) in [6.45, 7) is 6.33. The molecule has 0 fully saturated rings. The van der Waals surface area contributed by atoms with Crippen molar-refractivity contribution in [3.05, 3.63) is 77.4 Å². The Morgan fingerprint density at radius 3 is 1.66 bits per heavy atom. The van der Waals surface area contributed by atoms with Gasteiger partial charge in [0, 0.05) is 0 Å². The molecule has 0 aromatic heterocycles. The lowest BCUT2D eigenvalue weighted by Crippen LogP contribution is -2.21. The van der Waals surface area contributed by atoms with Crippen LogP contribution in [0.25, 0.3) is 33.4 Å². The molecule has 5 heteroatoms. The zero-order chi connectivity index (χ0) is 23.2. The lowest BCUT2D eigenvalue weighted by molar-refractivity contribution is 0.372. The zero-order valence-electron chi connectivity index (χ0n) is 19.1. The number of phenols is 3. The van der Waals surface area contributed by atoms with Crippen LogP contribution in [0.4, 0.5) is 0 Å². The van der Waals surface area contributed by atoms with E-state index in [0.717, 1.165) is 27.8 Å². The monoisotopic (exact) mass is 420 g/mol. The SMILES string of the molecule is Bc1c(O)c(O)c(O)c(B)c1-c1cccc(-c2cccc(C)c2-c2ccccc2C)c1C. The van der Waals surface area contributed by atoms with E-state index in [1.807, 2.05) is 12.1 Å². The van der Waals surface area contributed by atoms with Crippen LogP contribution in [0.1, 0.15) is 16.7 Å². The largest absolute Gasteiger partial charge is 0.505 e. The summed E-state index contributed by atoms with van der Waals surface area (Å²) in [5.74, 6) is -1.05. The van der Waals surface area contributed by atoms with Crippen molar-refractivity contribution in [1.29, 1.82) is 0 Å². The van der Waals surface area contributed by atoms with Crippen LogP contribution in [0.2, 0.25) is 0 Å². The Morgan fingerprint density at radius 2 is 1.00 bits per heavy atom. The summed E-state index contributed by atoms with van der Waals surface area (Å²) in [5, 5.41) is 30.8. The van der Waals surface area contributed by atoms with Gasteiger partial charge in [-0.05, 0) is 81.8 Å². The number of aromatic hydroxyl groups is 3. The average molecular weight is 420 g/mol. The highest BCUT2D eigenvalue weighted by Crippen LogP contribution is 2.41. The Hall–Kier alpha value is -3.59. The van der Waals surface area contributed by atoms with E-state index in [4.69, 9.17) is 0 Å². The summed E-state index contributed by atoms with van der Waals surface area (Å²) in [5.41, 5.74) is 10.9. The molecule has 0 saturated carbocycles. The molecule has 0 saturated heterocycles. The highest BCUT2D eigenvalue weighted by molar-refractivity contribution is 6.47. The van der Waals surface area contributed by atoms with Crippen molar-refractivity contribution in [2.45, 2.75) is 20.8 Å². The van der Waals surface area contributed by atoms with Gasteiger partial charge in [-0.3, -0.25) is 0 Å². The van der Waals surface area contributed by atoms with Gasteiger partial charge in [-0.15, -0.1) is 0 Å². The van der Waals surface area contributed by atoms with Crippen LogP contribution in [0.15, 0.2) is 60.7 Å². The van der Waals surface area contributed by atoms with Gasteiger partial charge in [-0.1, -0.05) is 60.7 Å². The number of hydrogen-bond acceptors (Lipinski definition) is 3. The first-order valence-corrected chi connectivity index (χ1v) is 10.7. The second-order valence-electron chi connectivity index (χ2n) is 8.46. The maximum absolute atomic E-state index is 10.4. The molecule has 0 aliphatic rings. The van der Waals surface area contributed by atoms with Crippen molar-refractivity contribution in [2.75, 3.05) is 0 Å². The van der Waals surface area contributed by atoms with Crippen LogP contribution >= 0.6 is 0 Å². The van der Waals surface area contributed by atoms with Crippen molar-refractivity contribution in [3.63, 3.8) is 0 Å². The van der Waals surface area contributed by atoms with E-state index in [1.165, 1.54) is 22.3 Å². The lowest BCUT2D eigenvalue weighted by atomic mass is 9.75. The molecular weight excluding hydrogens is 394 g/mol. The minimum atomic E-state index is -0.474. The van der Waals surface area contributed by atoms with Crippen LogP contribution in [-0.4, -0.2) is 31.0 Å². The molecule has 4 aromatic carbocycles. The van der Waals surface area contributed by atoms with Crippen LogP contribution in [0, 0.1) is 20.8 Å². The standard InChI is InChI=1S/C27H26B2O3/c1-14-8-4-5-10-17(14)21-15(2)9-6-13-20(21)18-11-7-12-19(16(18)3)22-23(28)25(30)27(32)26(31)24(22)29/h4-13,30-32H,28-29H2,1-3H3. The Morgan fingerprint density at radius 1 is 0.500 bits per heavy atom. The highest BCUT2D eigenvalue weighted by Gasteiger charge is 2.22. The fourth-order valence-corrected chi connectivity index (χ4v) is 4.69. The molecule has 0 unspecified atom stereocenters. The molecule has 0 amide bonds. The molecule has 0 bridgehead atoms. The fourth-order valence-electron chi connectivity index (χ4n) is 4.69. The molecule has 32 heavy (non-hydrogen) atoms. The molecule has 0 atom stereocenters. The molecule has 0 aliphatic heterocycles. The molecule has 0 spiro atoms. The number of benzene rings is 4. The maximum atomic E-state index is 10.4. The zero-order valence-corrected chi connectivity index (χ0v) is 19.1. The molecule has 0 radical (unpaired) electrons. The molecule has 0 heterocycles. The van der Waals surface area contributed by atoms with Crippen LogP contribution < -0.4 is 10.9 Å². The summed E-state index contributed by atoms with van der Waals surface area (Å²) < 4.78 is 0. The van der Waals surface area contributed by atoms with Gasteiger partial charge in [-0.2, -0.15) is 0 Å². The lowest BCUT2D eigenvalue weighted by Gasteiger charge is -2.21. The third kappa shape index (κ3) is 3.34. The highest BCUT2D eigenvalue weighted by atomic mass is 16.3. The minimum Gasteiger partial charge on any atom is -0.505 e. The van der Waals surface area contributed by atoms with E-state index < -0.39 is 5.75 Å². The van der Waals surface area contributed by atoms with Crippen LogP contribution in [-0.2, 0) is 0 Å². The number of rotatable bonds is 3. The van der Waals surface area contributed by atoms with E-state index in [1.54, 1.807) is 15.7 Å². The van der Waals surface area contributed by atoms with Crippen LogP contribution in [0.3, 0.4) is 0 Å². The number of hydrogen-bond donors (Lipinski definition) is 3. The summed E-state index contributed by atoms with van der Waals surface area (Å²) in [6.07, 6.45) is 0. The third-order valence-corrected chi connectivity index (χ3v) is 6.49. The van der Waals surface area contributed by atoms with Gasteiger partial charge in [0.2, 0.25) is 0 Å². The summed E-state index contributed by atoms with van der Waals surface area (Å²) in [4.78, 5) is 0. The maximum Gasteiger partial charge on any atom is 0.199 e. The average Bonchev–Trinajstić information content (AvgIpc) is 2.78. The smallest absolute Gasteiger partial charge is 0.199 e. The predicted octanol–water partition coefficient (Wildman–Crippen LogP) is 3.25. The molecule has 0 aliphatic carbocycles. The van der Waals surface area contributed by atoms with Crippen molar-refractivity contribution < 1.29 is 15.3 Å². The predicted molar refractivity (Wildman–Crippen MR) is 138 cm³/mol. The van der Waals surface area contributed by atoms with Gasteiger partial charge in [0.15, 0.2) is 17.2 Å². The number of aryl methyl sites for hydroxylation is 2. The van der Waals surface area contributed by atoms with E-state index in [-0.39, 0.29) is 11.5 Å².